The number of aliphatic carboxylic acids is 1. The second-order valence-electron chi connectivity index (χ2n) is 6.83. The van der Waals surface area contributed by atoms with Crippen molar-refractivity contribution in [2.75, 3.05) is 13.2 Å². The highest BCUT2D eigenvalue weighted by molar-refractivity contribution is 5.83. The molecule has 1 aliphatic heterocycles. The van der Waals surface area contributed by atoms with Crippen molar-refractivity contribution in [1.29, 1.82) is 0 Å². The molecule has 1 heterocycles. The Kier molecular flexibility index (Phi) is 4.09. The number of carboxylic acids is 1. The molecule has 5 heteroatoms. The lowest BCUT2D eigenvalue weighted by Gasteiger charge is -2.37. The van der Waals surface area contributed by atoms with Crippen LogP contribution < -0.4 is 5.32 Å². The molecule has 1 aliphatic carbocycles. The maximum absolute atomic E-state index is 12.4. The van der Waals surface area contributed by atoms with E-state index in [4.69, 9.17) is 4.74 Å². The van der Waals surface area contributed by atoms with Gasteiger partial charge in [0.05, 0.1) is 11.5 Å². The second kappa shape index (κ2) is 5.35. The average molecular weight is 283 g/mol. The summed E-state index contributed by atoms with van der Waals surface area (Å²) in [5.41, 5.74) is -1.38. The van der Waals surface area contributed by atoms with Gasteiger partial charge in [0.15, 0.2) is 0 Å². The van der Waals surface area contributed by atoms with Gasteiger partial charge in [-0.2, -0.15) is 0 Å². The van der Waals surface area contributed by atoms with Crippen LogP contribution in [0.25, 0.3) is 0 Å². The van der Waals surface area contributed by atoms with Crippen molar-refractivity contribution in [2.24, 2.45) is 16.7 Å². The highest BCUT2D eigenvalue weighted by Gasteiger charge is 2.58. The van der Waals surface area contributed by atoms with Gasteiger partial charge in [0.25, 0.3) is 0 Å². The van der Waals surface area contributed by atoms with Crippen LogP contribution in [0.3, 0.4) is 0 Å². The summed E-state index contributed by atoms with van der Waals surface area (Å²) in [6, 6.07) is 0. The first-order valence-electron chi connectivity index (χ1n) is 7.42. The predicted octanol–water partition coefficient (Wildman–Crippen LogP) is 1.81. The molecule has 3 atom stereocenters. The largest absolute Gasteiger partial charge is 0.481 e. The lowest BCUT2D eigenvalue weighted by molar-refractivity contribution is -0.155. The van der Waals surface area contributed by atoms with Gasteiger partial charge in [-0.15, -0.1) is 0 Å². The summed E-state index contributed by atoms with van der Waals surface area (Å²) in [7, 11) is 0. The maximum Gasteiger partial charge on any atom is 0.309 e. The number of amides is 1. The van der Waals surface area contributed by atoms with E-state index in [9.17, 15) is 14.7 Å². The van der Waals surface area contributed by atoms with Gasteiger partial charge in [0.2, 0.25) is 5.91 Å². The lowest BCUT2D eigenvalue weighted by Crippen LogP contribution is -2.46. The molecular weight excluding hydrogens is 258 g/mol. The second-order valence-corrected chi connectivity index (χ2v) is 6.83. The molecule has 20 heavy (non-hydrogen) atoms. The predicted molar refractivity (Wildman–Crippen MR) is 74.2 cm³/mol. The Labute approximate surface area is 120 Å². The van der Waals surface area contributed by atoms with Crippen molar-refractivity contribution in [2.45, 2.75) is 52.6 Å². The van der Waals surface area contributed by atoms with Crippen LogP contribution in [-0.2, 0) is 14.3 Å². The summed E-state index contributed by atoms with van der Waals surface area (Å²) >= 11 is 0. The summed E-state index contributed by atoms with van der Waals surface area (Å²) in [4.78, 5) is 23.9. The van der Waals surface area contributed by atoms with E-state index >= 15 is 0 Å². The minimum atomic E-state index is -0.834. The lowest BCUT2D eigenvalue weighted by atomic mass is 9.65. The zero-order valence-corrected chi connectivity index (χ0v) is 12.6. The van der Waals surface area contributed by atoms with E-state index in [1.807, 2.05) is 13.8 Å². The van der Waals surface area contributed by atoms with Gasteiger partial charge in [0, 0.05) is 19.1 Å². The Morgan fingerprint density at radius 1 is 1.30 bits per heavy atom. The highest BCUT2D eigenvalue weighted by Crippen LogP contribution is 2.56. The van der Waals surface area contributed by atoms with Gasteiger partial charge in [-0.3, -0.25) is 9.59 Å². The van der Waals surface area contributed by atoms with Crippen LogP contribution in [0.5, 0.6) is 0 Å². The first-order valence-corrected chi connectivity index (χ1v) is 7.42. The molecule has 0 aromatic rings. The third kappa shape index (κ3) is 2.43. The van der Waals surface area contributed by atoms with Crippen molar-refractivity contribution < 1.29 is 19.4 Å². The first-order chi connectivity index (χ1) is 9.29. The monoisotopic (exact) mass is 283 g/mol. The normalized spacial score (nSPS) is 36.0. The minimum Gasteiger partial charge on any atom is -0.481 e. The van der Waals surface area contributed by atoms with Gasteiger partial charge >= 0.3 is 5.97 Å². The van der Waals surface area contributed by atoms with Gasteiger partial charge in [-0.05, 0) is 38.0 Å². The van der Waals surface area contributed by atoms with E-state index in [1.54, 1.807) is 6.92 Å². The molecule has 2 N–H and O–H groups in total. The third-order valence-corrected chi connectivity index (χ3v) is 5.54. The van der Waals surface area contributed by atoms with Crippen LogP contribution in [0.2, 0.25) is 0 Å². The quantitative estimate of drug-likeness (QED) is 0.825. The van der Waals surface area contributed by atoms with Gasteiger partial charge in [-0.1, -0.05) is 13.8 Å². The van der Waals surface area contributed by atoms with Crippen LogP contribution in [0.4, 0.5) is 0 Å². The molecule has 0 bridgehead atoms. The molecule has 2 fully saturated rings. The van der Waals surface area contributed by atoms with Crippen molar-refractivity contribution in [3.8, 4) is 0 Å². The number of rotatable bonds is 4. The molecule has 0 aromatic carbocycles. The Hall–Kier alpha value is -1.10. The number of ether oxygens (including phenoxy) is 1. The van der Waals surface area contributed by atoms with Crippen LogP contribution in [0.1, 0.15) is 46.5 Å². The molecular formula is C15H25NO4. The molecule has 0 aromatic heterocycles. The van der Waals surface area contributed by atoms with Crippen LogP contribution in [-0.4, -0.2) is 36.2 Å². The number of carbonyl (C=O) groups excluding carboxylic acids is 1. The molecule has 3 unspecified atom stereocenters. The maximum atomic E-state index is 12.4. The summed E-state index contributed by atoms with van der Waals surface area (Å²) in [5.74, 6) is -1.09. The molecule has 1 saturated heterocycles. The topological polar surface area (TPSA) is 75.6 Å². The number of carbonyl (C=O) groups is 2. The zero-order chi connectivity index (χ0) is 15.0. The summed E-state index contributed by atoms with van der Waals surface area (Å²) in [5, 5.41) is 12.4. The van der Waals surface area contributed by atoms with Gasteiger partial charge in [-0.25, -0.2) is 0 Å². The van der Waals surface area contributed by atoms with E-state index in [0.29, 0.717) is 19.4 Å². The fraction of sp³-hybridized carbons (Fsp3) is 0.867. The van der Waals surface area contributed by atoms with E-state index < -0.39 is 16.8 Å². The number of carboxylic acid groups (broad SMARTS) is 1. The van der Waals surface area contributed by atoms with Crippen molar-refractivity contribution >= 4 is 11.9 Å². The SMILES string of the molecule is CC1(C(=O)O)CCC(C(=O)NCC2CCCO2)C1(C)C. The van der Waals surface area contributed by atoms with E-state index in [0.717, 1.165) is 19.4 Å². The molecule has 2 aliphatic rings. The third-order valence-electron chi connectivity index (χ3n) is 5.54. The summed E-state index contributed by atoms with van der Waals surface area (Å²) in [6.07, 6.45) is 3.34. The molecule has 1 saturated carbocycles. The fourth-order valence-corrected chi connectivity index (χ4v) is 3.48. The Balaban J connectivity index is 1.98. The number of hydrogen-bond acceptors (Lipinski definition) is 3. The Morgan fingerprint density at radius 2 is 2.00 bits per heavy atom. The van der Waals surface area contributed by atoms with Crippen molar-refractivity contribution in [1.82, 2.24) is 5.32 Å². The van der Waals surface area contributed by atoms with E-state index in [1.165, 1.54) is 0 Å². The highest BCUT2D eigenvalue weighted by atomic mass is 16.5. The first kappa shape index (κ1) is 15.3. The van der Waals surface area contributed by atoms with Crippen LogP contribution in [0, 0.1) is 16.7 Å². The summed E-state index contributed by atoms with van der Waals surface area (Å²) < 4.78 is 5.49. The van der Waals surface area contributed by atoms with Crippen LogP contribution in [0.15, 0.2) is 0 Å². The van der Waals surface area contributed by atoms with Gasteiger partial charge < -0.3 is 15.2 Å². The average Bonchev–Trinajstić information content (AvgIpc) is 2.95. The Morgan fingerprint density at radius 3 is 2.50 bits per heavy atom. The van der Waals surface area contributed by atoms with Gasteiger partial charge in [0.1, 0.15) is 0 Å². The Bertz CT molecular complexity index is 401. The van der Waals surface area contributed by atoms with Crippen molar-refractivity contribution in [3.63, 3.8) is 0 Å². The standard InChI is InChI=1S/C15H25NO4/c1-14(2)11(6-7-15(14,3)13(18)19)12(17)16-9-10-5-4-8-20-10/h10-11H,4-9H2,1-3H3,(H,16,17)(H,18,19). The molecule has 0 spiro atoms. The fourth-order valence-electron chi connectivity index (χ4n) is 3.48. The molecule has 0 radical (unpaired) electrons. The molecule has 114 valence electrons. The number of hydrogen-bond donors (Lipinski definition) is 2. The number of nitrogens with one attached hydrogen (secondary N) is 1. The molecule has 2 rings (SSSR count). The summed E-state index contributed by atoms with van der Waals surface area (Å²) in [6.45, 7) is 6.85. The van der Waals surface area contributed by atoms with E-state index in [2.05, 4.69) is 5.32 Å². The minimum absolute atomic E-state index is 0.0320. The molecule has 5 nitrogen and oxygen atoms in total. The van der Waals surface area contributed by atoms with Crippen molar-refractivity contribution in [3.05, 3.63) is 0 Å². The van der Waals surface area contributed by atoms with Crippen LogP contribution >= 0.6 is 0 Å². The van der Waals surface area contributed by atoms with E-state index in [-0.39, 0.29) is 17.9 Å². The zero-order valence-electron chi connectivity index (χ0n) is 12.6. The smallest absolute Gasteiger partial charge is 0.309 e. The molecule has 1 amide bonds.